The lowest BCUT2D eigenvalue weighted by molar-refractivity contribution is 0.185. The average Bonchev–Trinajstić information content (AvgIpc) is 2.95. The lowest BCUT2D eigenvalue weighted by atomic mass is 10.0. The van der Waals surface area contributed by atoms with Crippen LogP contribution in [-0.2, 0) is 10.0 Å². The second-order valence-corrected chi connectivity index (χ2v) is 8.64. The Labute approximate surface area is 148 Å². The molecule has 1 aromatic heterocycles. The van der Waals surface area contributed by atoms with Crippen LogP contribution in [-0.4, -0.2) is 54.8 Å². The molecule has 138 valence electrons. The molecule has 0 aliphatic carbocycles. The van der Waals surface area contributed by atoms with Crippen molar-refractivity contribution < 1.29 is 8.42 Å². The van der Waals surface area contributed by atoms with Crippen molar-refractivity contribution in [1.29, 1.82) is 0 Å². The van der Waals surface area contributed by atoms with Gasteiger partial charge in [-0.05, 0) is 44.9 Å². The molecule has 1 aromatic carbocycles. The summed E-state index contributed by atoms with van der Waals surface area (Å²) in [5, 5.41) is 0. The third-order valence-corrected chi connectivity index (χ3v) is 6.30. The quantitative estimate of drug-likeness (QED) is 0.723. The van der Waals surface area contributed by atoms with E-state index in [0.29, 0.717) is 6.54 Å². The van der Waals surface area contributed by atoms with Crippen LogP contribution in [0.15, 0.2) is 29.1 Å². The van der Waals surface area contributed by atoms with E-state index in [0.717, 1.165) is 49.9 Å². The molecule has 2 heterocycles. The number of aromatic nitrogens is 2. The van der Waals surface area contributed by atoms with Crippen LogP contribution in [0.2, 0.25) is 0 Å². The molecule has 0 saturated carbocycles. The minimum Gasteiger partial charge on any atom is -0.306 e. The van der Waals surface area contributed by atoms with Gasteiger partial charge in [-0.25, -0.2) is 17.9 Å². The minimum absolute atomic E-state index is 0.0337. The number of sulfonamides is 1. The van der Waals surface area contributed by atoms with Gasteiger partial charge in [-0.2, -0.15) is 0 Å². The molecular formula is C17H26N4O3S. The highest BCUT2D eigenvalue weighted by atomic mass is 32.2. The summed E-state index contributed by atoms with van der Waals surface area (Å²) in [5.41, 5.74) is 1.83. The first-order valence-electron chi connectivity index (χ1n) is 8.89. The summed E-state index contributed by atoms with van der Waals surface area (Å²) in [6, 6.07) is 8.02. The zero-order valence-corrected chi connectivity index (χ0v) is 15.4. The van der Waals surface area contributed by atoms with Crippen LogP contribution in [0.25, 0.3) is 11.0 Å². The van der Waals surface area contributed by atoms with Crippen molar-refractivity contribution in [2.24, 2.45) is 0 Å². The van der Waals surface area contributed by atoms with Gasteiger partial charge in [0.15, 0.2) is 0 Å². The van der Waals surface area contributed by atoms with Gasteiger partial charge >= 0.3 is 5.69 Å². The Morgan fingerprint density at radius 3 is 2.68 bits per heavy atom. The largest absolute Gasteiger partial charge is 0.326 e. The van der Waals surface area contributed by atoms with Gasteiger partial charge in [0.05, 0.1) is 16.8 Å². The van der Waals surface area contributed by atoms with E-state index in [-0.39, 0.29) is 17.5 Å². The van der Waals surface area contributed by atoms with Crippen molar-refractivity contribution in [2.45, 2.75) is 32.2 Å². The molecule has 1 fully saturated rings. The molecular weight excluding hydrogens is 340 g/mol. The van der Waals surface area contributed by atoms with Gasteiger partial charge < -0.3 is 9.88 Å². The van der Waals surface area contributed by atoms with Gasteiger partial charge in [0, 0.05) is 25.7 Å². The Balaban J connectivity index is 1.52. The number of nitrogens with zero attached hydrogens (tertiary/aromatic N) is 2. The average molecular weight is 366 g/mol. The van der Waals surface area contributed by atoms with Crippen molar-refractivity contribution in [3.05, 3.63) is 34.7 Å². The lowest BCUT2D eigenvalue weighted by Gasteiger charge is -2.32. The van der Waals surface area contributed by atoms with Gasteiger partial charge in [0.1, 0.15) is 0 Å². The fourth-order valence-electron chi connectivity index (χ4n) is 3.47. The minimum atomic E-state index is -3.10. The van der Waals surface area contributed by atoms with Crippen LogP contribution < -0.4 is 10.4 Å². The third-order valence-electron chi connectivity index (χ3n) is 4.90. The van der Waals surface area contributed by atoms with Gasteiger partial charge in [0.25, 0.3) is 0 Å². The summed E-state index contributed by atoms with van der Waals surface area (Å²) in [6.07, 6.45) is 2.67. The Hall–Kier alpha value is -1.64. The molecule has 1 aliphatic heterocycles. The van der Waals surface area contributed by atoms with Crippen molar-refractivity contribution in [3.8, 4) is 0 Å². The molecule has 0 bridgehead atoms. The predicted molar refractivity (Wildman–Crippen MR) is 99.4 cm³/mol. The number of aromatic amines is 1. The topological polar surface area (TPSA) is 87.2 Å². The highest BCUT2D eigenvalue weighted by Gasteiger charge is 2.23. The molecule has 8 heteroatoms. The van der Waals surface area contributed by atoms with Crippen LogP contribution in [0.4, 0.5) is 0 Å². The predicted octanol–water partition coefficient (Wildman–Crippen LogP) is 1.30. The van der Waals surface area contributed by atoms with Crippen LogP contribution in [0.5, 0.6) is 0 Å². The summed E-state index contributed by atoms with van der Waals surface area (Å²) in [7, 11) is -3.10. The van der Waals surface area contributed by atoms with Crippen LogP contribution in [0.1, 0.15) is 32.2 Å². The monoisotopic (exact) mass is 366 g/mol. The van der Waals surface area contributed by atoms with Crippen LogP contribution >= 0.6 is 0 Å². The number of para-hydroxylation sites is 2. The van der Waals surface area contributed by atoms with Gasteiger partial charge in [0.2, 0.25) is 10.0 Å². The van der Waals surface area contributed by atoms with E-state index in [1.54, 1.807) is 6.92 Å². The summed E-state index contributed by atoms with van der Waals surface area (Å²) in [6.45, 7) is 4.85. The highest BCUT2D eigenvalue weighted by molar-refractivity contribution is 7.89. The number of piperidine rings is 1. The molecule has 7 nitrogen and oxygen atoms in total. The maximum Gasteiger partial charge on any atom is 0.326 e. The highest BCUT2D eigenvalue weighted by Crippen LogP contribution is 2.24. The zero-order valence-electron chi connectivity index (χ0n) is 14.6. The first kappa shape index (κ1) is 18.2. The number of fused-ring (bicyclic) bond motifs is 1. The van der Waals surface area contributed by atoms with Crippen molar-refractivity contribution in [3.63, 3.8) is 0 Å². The molecule has 2 aromatic rings. The number of imidazole rings is 1. The number of H-pyrrole nitrogens is 1. The molecule has 2 N–H and O–H groups in total. The summed E-state index contributed by atoms with van der Waals surface area (Å²) in [5.74, 6) is 0.123. The summed E-state index contributed by atoms with van der Waals surface area (Å²) < 4.78 is 27.3. The number of hydrogen-bond donors (Lipinski definition) is 2. The molecule has 0 spiro atoms. The van der Waals surface area contributed by atoms with Gasteiger partial charge in [-0.15, -0.1) is 0 Å². The first-order valence-corrected chi connectivity index (χ1v) is 10.5. The summed E-state index contributed by atoms with van der Waals surface area (Å²) in [4.78, 5) is 17.6. The van der Waals surface area contributed by atoms with E-state index in [9.17, 15) is 13.2 Å². The molecule has 0 amide bonds. The Bertz CT molecular complexity index is 863. The number of nitrogens with one attached hydrogen (secondary N) is 2. The number of rotatable bonds is 7. The molecule has 3 rings (SSSR count). The molecule has 1 aliphatic rings. The summed E-state index contributed by atoms with van der Waals surface area (Å²) >= 11 is 0. The number of hydrogen-bond acceptors (Lipinski definition) is 4. The SMILES string of the molecule is CCS(=O)(=O)NCCCN1CCC(n2c(=O)[nH]c3ccccc32)CC1. The van der Waals surface area contributed by atoms with E-state index in [1.807, 2.05) is 28.8 Å². The van der Waals surface area contributed by atoms with E-state index in [1.165, 1.54) is 0 Å². The molecule has 0 atom stereocenters. The van der Waals surface area contributed by atoms with Crippen molar-refractivity contribution in [1.82, 2.24) is 19.2 Å². The van der Waals surface area contributed by atoms with Crippen molar-refractivity contribution >= 4 is 21.1 Å². The molecule has 1 saturated heterocycles. The standard InChI is InChI=1S/C17H26N4O3S/c1-2-25(23,24)18-10-5-11-20-12-8-14(9-13-20)21-16-7-4-3-6-15(16)19-17(21)22/h3-4,6-7,14,18H,2,5,8-13H2,1H3,(H,19,22). The lowest BCUT2D eigenvalue weighted by Crippen LogP contribution is -2.38. The maximum absolute atomic E-state index is 12.3. The number of benzene rings is 1. The van der Waals surface area contributed by atoms with Crippen LogP contribution in [0, 0.1) is 0 Å². The van der Waals surface area contributed by atoms with Gasteiger partial charge in [-0.3, -0.25) is 4.57 Å². The fraction of sp³-hybridized carbons (Fsp3) is 0.588. The molecule has 0 unspecified atom stereocenters. The Morgan fingerprint density at radius 2 is 1.96 bits per heavy atom. The van der Waals surface area contributed by atoms with E-state index < -0.39 is 10.0 Å². The van der Waals surface area contributed by atoms with E-state index in [2.05, 4.69) is 14.6 Å². The molecule has 25 heavy (non-hydrogen) atoms. The maximum atomic E-state index is 12.3. The first-order chi connectivity index (χ1) is 12.0. The second kappa shape index (κ2) is 7.72. The normalized spacial score (nSPS) is 17.3. The van der Waals surface area contributed by atoms with E-state index in [4.69, 9.17) is 0 Å². The second-order valence-electron chi connectivity index (χ2n) is 6.54. The van der Waals surface area contributed by atoms with E-state index >= 15 is 0 Å². The number of likely N-dealkylation sites (tertiary alicyclic amines) is 1. The van der Waals surface area contributed by atoms with Crippen molar-refractivity contribution in [2.75, 3.05) is 31.9 Å². The fourth-order valence-corrected chi connectivity index (χ4v) is 4.13. The Kier molecular flexibility index (Phi) is 5.61. The van der Waals surface area contributed by atoms with Crippen LogP contribution in [0.3, 0.4) is 0 Å². The zero-order chi connectivity index (χ0) is 17.9. The Morgan fingerprint density at radius 1 is 1.24 bits per heavy atom. The third kappa shape index (κ3) is 4.31. The molecule has 0 radical (unpaired) electrons. The smallest absolute Gasteiger partial charge is 0.306 e. The van der Waals surface area contributed by atoms with Gasteiger partial charge in [-0.1, -0.05) is 12.1 Å².